The summed E-state index contributed by atoms with van der Waals surface area (Å²) in [7, 11) is 0. The van der Waals surface area contributed by atoms with Crippen LogP contribution in [0.5, 0.6) is 0 Å². The van der Waals surface area contributed by atoms with Gasteiger partial charge in [0, 0.05) is 5.92 Å². The lowest BCUT2D eigenvalue weighted by atomic mass is 9.76. The van der Waals surface area contributed by atoms with Gasteiger partial charge in [-0.3, -0.25) is 4.79 Å². The Morgan fingerprint density at radius 3 is 2.80 bits per heavy atom. The lowest BCUT2D eigenvalue weighted by Gasteiger charge is -2.34. The minimum atomic E-state index is -0.892. The van der Waals surface area contributed by atoms with Gasteiger partial charge >= 0.3 is 5.97 Å². The minimum absolute atomic E-state index is 0.00724. The molecule has 3 rings (SSSR count). The van der Waals surface area contributed by atoms with Crippen molar-refractivity contribution in [1.82, 2.24) is 0 Å². The third-order valence-electron chi connectivity index (χ3n) is 5.48. The van der Waals surface area contributed by atoms with Crippen molar-refractivity contribution in [1.29, 1.82) is 0 Å². The first-order valence-electron chi connectivity index (χ1n) is 8.91. The van der Waals surface area contributed by atoms with Gasteiger partial charge in [0.05, 0.1) is 23.2 Å². The molecule has 1 aliphatic carbocycles. The molecule has 0 amide bonds. The van der Waals surface area contributed by atoms with Crippen molar-refractivity contribution >= 4 is 5.97 Å². The van der Waals surface area contributed by atoms with Crippen LogP contribution in [-0.4, -0.2) is 46.2 Å². The Bertz CT molecular complexity index is 626. The third-order valence-corrected chi connectivity index (χ3v) is 5.48. The summed E-state index contributed by atoms with van der Waals surface area (Å²) in [6.07, 6.45) is 6.55. The second-order valence-corrected chi connectivity index (χ2v) is 8.27. The number of carbonyl (C=O) groups excluding carboxylic acids is 1. The van der Waals surface area contributed by atoms with Gasteiger partial charge in [0.15, 0.2) is 0 Å². The van der Waals surface area contributed by atoms with E-state index in [1.165, 1.54) is 0 Å². The molecule has 0 aromatic rings. The largest absolute Gasteiger partial charge is 0.461 e. The summed E-state index contributed by atoms with van der Waals surface area (Å²) in [5.74, 6) is -0.689. The van der Waals surface area contributed by atoms with Gasteiger partial charge < -0.3 is 19.7 Å². The van der Waals surface area contributed by atoms with Crippen LogP contribution in [0.1, 0.15) is 40.0 Å². The summed E-state index contributed by atoms with van der Waals surface area (Å²) >= 11 is 0. The molecule has 25 heavy (non-hydrogen) atoms. The molecule has 5 atom stereocenters. The van der Waals surface area contributed by atoms with E-state index in [1.807, 2.05) is 19.1 Å². The number of cyclic esters (lactones) is 1. The Kier molecular flexibility index (Phi) is 4.69. The highest BCUT2D eigenvalue weighted by molar-refractivity contribution is 5.78. The maximum absolute atomic E-state index is 12.4. The first-order valence-corrected chi connectivity index (χ1v) is 8.91. The van der Waals surface area contributed by atoms with Gasteiger partial charge in [-0.1, -0.05) is 30.4 Å². The highest BCUT2D eigenvalue weighted by atomic mass is 16.6. The number of allylic oxidation sites excluding steroid dienone is 2. The fourth-order valence-corrected chi connectivity index (χ4v) is 4.00. The predicted octanol–water partition coefficient (Wildman–Crippen LogP) is 2.29. The van der Waals surface area contributed by atoms with E-state index in [4.69, 9.17) is 9.47 Å². The normalized spacial score (nSPS) is 40.8. The molecule has 0 aromatic carbocycles. The molecule has 2 heterocycles. The van der Waals surface area contributed by atoms with Crippen LogP contribution in [0.15, 0.2) is 36.0 Å². The zero-order chi connectivity index (χ0) is 18.4. The number of hydrogen-bond donors (Lipinski definition) is 2. The smallest absolute Gasteiger partial charge is 0.314 e. The van der Waals surface area contributed by atoms with E-state index < -0.39 is 17.6 Å². The first-order chi connectivity index (χ1) is 11.6. The average Bonchev–Trinajstić information content (AvgIpc) is 3.17. The second-order valence-electron chi connectivity index (χ2n) is 8.27. The summed E-state index contributed by atoms with van der Waals surface area (Å²) in [6, 6.07) is 0. The van der Waals surface area contributed by atoms with Gasteiger partial charge in [0.25, 0.3) is 0 Å². The zero-order valence-electron chi connectivity index (χ0n) is 15.2. The number of hydrogen-bond acceptors (Lipinski definition) is 5. The van der Waals surface area contributed by atoms with Gasteiger partial charge in [0.2, 0.25) is 0 Å². The van der Waals surface area contributed by atoms with Gasteiger partial charge in [-0.25, -0.2) is 0 Å². The summed E-state index contributed by atoms with van der Waals surface area (Å²) < 4.78 is 11.1. The highest BCUT2D eigenvalue weighted by Gasteiger charge is 2.57. The molecule has 5 nitrogen and oxygen atoms in total. The van der Waals surface area contributed by atoms with Crippen molar-refractivity contribution in [2.24, 2.45) is 11.8 Å². The average molecular weight is 348 g/mol. The minimum Gasteiger partial charge on any atom is -0.461 e. The Morgan fingerprint density at radius 1 is 1.40 bits per heavy atom. The molecule has 0 spiro atoms. The van der Waals surface area contributed by atoms with Crippen LogP contribution >= 0.6 is 0 Å². The van der Waals surface area contributed by atoms with Crippen LogP contribution < -0.4 is 0 Å². The summed E-state index contributed by atoms with van der Waals surface area (Å²) in [5, 5.41) is 20.2. The maximum Gasteiger partial charge on any atom is 0.314 e. The number of epoxide rings is 1. The SMILES string of the molecule is C=C1C[C@@H](O)[C@H]2O[C@@]2(C)CC[C@@H]2/C(=C\C=C\C(C)(C)O)COC(=O)[C@H]12. The van der Waals surface area contributed by atoms with E-state index in [-0.39, 0.29) is 30.2 Å². The van der Waals surface area contributed by atoms with Crippen molar-refractivity contribution in [3.63, 3.8) is 0 Å². The lowest BCUT2D eigenvalue weighted by molar-refractivity contribution is -0.151. The fourth-order valence-electron chi connectivity index (χ4n) is 4.00. The van der Waals surface area contributed by atoms with Crippen LogP contribution in [0.3, 0.4) is 0 Å². The Hall–Kier alpha value is -1.43. The predicted molar refractivity (Wildman–Crippen MR) is 93.7 cm³/mol. The number of esters is 1. The summed E-state index contributed by atoms with van der Waals surface area (Å²) in [5.41, 5.74) is 0.517. The molecule has 2 aliphatic heterocycles. The monoisotopic (exact) mass is 348 g/mol. The van der Waals surface area contributed by atoms with Crippen LogP contribution in [0.2, 0.25) is 0 Å². The van der Waals surface area contributed by atoms with Gasteiger partial charge in [-0.05, 0) is 45.6 Å². The molecule has 3 fully saturated rings. The number of carbonyl (C=O) groups is 1. The van der Waals surface area contributed by atoms with Gasteiger partial charge in [-0.15, -0.1) is 0 Å². The Morgan fingerprint density at radius 2 is 2.12 bits per heavy atom. The van der Waals surface area contributed by atoms with E-state index in [2.05, 4.69) is 6.58 Å². The van der Waals surface area contributed by atoms with Crippen molar-refractivity contribution in [2.75, 3.05) is 6.61 Å². The molecule has 0 bridgehead atoms. The highest BCUT2D eigenvalue weighted by Crippen LogP contribution is 2.49. The number of aliphatic hydroxyl groups is 2. The topological polar surface area (TPSA) is 79.3 Å². The number of rotatable bonds is 2. The molecule has 0 unspecified atom stereocenters. The quantitative estimate of drug-likeness (QED) is 0.455. The molecule has 1 saturated carbocycles. The number of fused-ring (bicyclic) bond motifs is 2. The van der Waals surface area contributed by atoms with Crippen molar-refractivity contribution in [3.05, 3.63) is 36.0 Å². The van der Waals surface area contributed by atoms with Gasteiger partial charge in [0.1, 0.15) is 12.7 Å². The summed E-state index contributed by atoms with van der Waals surface area (Å²) in [4.78, 5) is 12.4. The van der Waals surface area contributed by atoms with Crippen molar-refractivity contribution in [2.45, 2.75) is 63.4 Å². The van der Waals surface area contributed by atoms with Crippen molar-refractivity contribution in [3.8, 4) is 0 Å². The van der Waals surface area contributed by atoms with E-state index in [0.29, 0.717) is 12.0 Å². The van der Waals surface area contributed by atoms with Crippen LogP contribution in [0.4, 0.5) is 0 Å². The van der Waals surface area contributed by atoms with E-state index in [0.717, 1.165) is 18.4 Å². The van der Waals surface area contributed by atoms with E-state index in [9.17, 15) is 15.0 Å². The molecular weight excluding hydrogens is 320 g/mol. The van der Waals surface area contributed by atoms with Crippen LogP contribution in [-0.2, 0) is 14.3 Å². The third kappa shape index (κ3) is 3.89. The molecule has 3 aliphatic rings. The second kappa shape index (κ2) is 6.38. The lowest BCUT2D eigenvalue weighted by Crippen LogP contribution is -2.36. The maximum atomic E-state index is 12.4. The van der Waals surface area contributed by atoms with Crippen molar-refractivity contribution < 1.29 is 24.5 Å². The first kappa shape index (κ1) is 18.4. The molecule has 138 valence electrons. The molecule has 2 saturated heterocycles. The number of aliphatic hydroxyl groups excluding tert-OH is 1. The molecule has 0 aromatic heterocycles. The Labute approximate surface area is 149 Å². The zero-order valence-corrected chi connectivity index (χ0v) is 15.2. The van der Waals surface area contributed by atoms with E-state index in [1.54, 1.807) is 19.9 Å². The Balaban J connectivity index is 1.88. The number of ether oxygens (including phenoxy) is 2. The molecular formula is C20H28O5. The fraction of sp³-hybridized carbons (Fsp3) is 0.650. The molecule has 5 heteroatoms. The van der Waals surface area contributed by atoms with Crippen LogP contribution in [0.25, 0.3) is 0 Å². The standard InChI is InChI=1S/C20H28O5/c1-12-10-15(21)17-20(4,25-17)9-7-14-13(6-5-8-19(2,3)23)11-24-18(22)16(12)14/h5-6,8,14-17,21,23H,1,7,9-11H2,2-4H3/b8-5+,13-6-/t14-,15-,16-,17-,20+/m1/s1. The van der Waals surface area contributed by atoms with Gasteiger partial charge in [-0.2, -0.15) is 0 Å². The van der Waals surface area contributed by atoms with Crippen LogP contribution in [0, 0.1) is 11.8 Å². The van der Waals surface area contributed by atoms with E-state index >= 15 is 0 Å². The molecule has 2 N–H and O–H groups in total. The summed E-state index contributed by atoms with van der Waals surface area (Å²) in [6.45, 7) is 9.76. The molecule has 0 radical (unpaired) electrons.